The summed E-state index contributed by atoms with van der Waals surface area (Å²) in [5.41, 5.74) is 0. The first-order chi connectivity index (χ1) is 10.6. The third-order valence-electron chi connectivity index (χ3n) is 4.28. The number of thioether (sulfide) groups is 1. The fourth-order valence-electron chi connectivity index (χ4n) is 3.19. The van der Waals surface area contributed by atoms with Gasteiger partial charge in [-0.25, -0.2) is 0 Å². The van der Waals surface area contributed by atoms with Crippen LogP contribution < -0.4 is 5.32 Å². The van der Waals surface area contributed by atoms with Gasteiger partial charge in [0.05, 0.1) is 6.54 Å². The minimum atomic E-state index is 0.282. The summed E-state index contributed by atoms with van der Waals surface area (Å²) in [6.45, 7) is 8.41. The molecule has 0 atom stereocenters. The topological polar surface area (TPSA) is 58.3 Å². The Labute approximate surface area is 136 Å². The van der Waals surface area contributed by atoms with Gasteiger partial charge in [0.15, 0.2) is 11.8 Å². The summed E-state index contributed by atoms with van der Waals surface area (Å²) < 4.78 is 2.55. The van der Waals surface area contributed by atoms with Crippen molar-refractivity contribution in [3.8, 4) is 0 Å². The lowest BCUT2D eigenvalue weighted by molar-refractivity contribution is 0.374. The number of nitrogens with one attached hydrogen (secondary N) is 1. The number of guanidine groups is 1. The average molecular weight is 322 g/mol. The molecule has 0 unspecified atom stereocenters. The van der Waals surface area contributed by atoms with Gasteiger partial charge in [0.2, 0.25) is 0 Å². The Morgan fingerprint density at radius 2 is 2.18 bits per heavy atom. The first kappa shape index (κ1) is 15.6. The molecule has 22 heavy (non-hydrogen) atoms. The van der Waals surface area contributed by atoms with E-state index in [0.29, 0.717) is 6.54 Å². The van der Waals surface area contributed by atoms with Crippen LogP contribution in [0.25, 0.3) is 0 Å². The fourth-order valence-corrected chi connectivity index (χ4v) is 4.30. The van der Waals surface area contributed by atoms with Crippen LogP contribution in [0.2, 0.25) is 0 Å². The standard InChI is InChI=1S/C15H26N6S/c1-15(2)11-20(8-9-22-15)14(16-3)17-10-13-19-18-12-6-4-5-7-21(12)13/h4-11H2,1-3H3,(H,16,17). The fraction of sp³-hybridized carbons (Fsp3) is 0.800. The summed E-state index contributed by atoms with van der Waals surface area (Å²) in [6, 6.07) is 0. The maximum Gasteiger partial charge on any atom is 0.194 e. The molecule has 3 rings (SSSR count). The molecule has 0 radical (unpaired) electrons. The molecular weight excluding hydrogens is 296 g/mol. The molecule has 0 bridgehead atoms. The van der Waals surface area contributed by atoms with E-state index in [2.05, 4.69) is 43.8 Å². The van der Waals surface area contributed by atoms with Gasteiger partial charge >= 0.3 is 0 Å². The number of nitrogens with zero attached hydrogens (tertiary/aromatic N) is 5. The summed E-state index contributed by atoms with van der Waals surface area (Å²) in [4.78, 5) is 6.80. The molecule has 7 heteroatoms. The third kappa shape index (κ3) is 3.39. The molecule has 0 aliphatic carbocycles. The Morgan fingerprint density at radius 3 is 2.95 bits per heavy atom. The molecule has 1 aromatic heterocycles. The van der Waals surface area contributed by atoms with Crippen molar-refractivity contribution in [2.75, 3.05) is 25.9 Å². The largest absolute Gasteiger partial charge is 0.349 e. The molecule has 122 valence electrons. The summed E-state index contributed by atoms with van der Waals surface area (Å²) in [5.74, 6) is 4.28. The summed E-state index contributed by atoms with van der Waals surface area (Å²) in [7, 11) is 1.86. The first-order valence-electron chi connectivity index (χ1n) is 8.09. The van der Waals surface area contributed by atoms with Crippen LogP contribution in [0.5, 0.6) is 0 Å². The maximum atomic E-state index is 4.45. The molecule has 0 spiro atoms. The minimum Gasteiger partial charge on any atom is -0.349 e. The van der Waals surface area contributed by atoms with Crippen molar-refractivity contribution in [1.82, 2.24) is 25.0 Å². The first-order valence-corrected chi connectivity index (χ1v) is 9.08. The van der Waals surface area contributed by atoms with Gasteiger partial charge in [-0.15, -0.1) is 10.2 Å². The molecule has 0 aromatic carbocycles. The SMILES string of the molecule is CN=C(NCc1nnc2n1CCCC2)N1CCSC(C)(C)C1. The highest BCUT2D eigenvalue weighted by atomic mass is 32.2. The third-order valence-corrected chi connectivity index (χ3v) is 5.57. The Hall–Kier alpha value is -1.24. The van der Waals surface area contributed by atoms with E-state index >= 15 is 0 Å². The van der Waals surface area contributed by atoms with E-state index < -0.39 is 0 Å². The normalized spacial score (nSPS) is 21.6. The van der Waals surface area contributed by atoms with Gasteiger partial charge in [0, 0.05) is 43.6 Å². The lowest BCUT2D eigenvalue weighted by atomic mass is 10.2. The quantitative estimate of drug-likeness (QED) is 0.661. The van der Waals surface area contributed by atoms with Crippen molar-refractivity contribution < 1.29 is 0 Å². The van der Waals surface area contributed by atoms with Crippen molar-refractivity contribution in [1.29, 1.82) is 0 Å². The van der Waals surface area contributed by atoms with Crippen LogP contribution in [0.4, 0.5) is 0 Å². The van der Waals surface area contributed by atoms with Crippen LogP contribution in [0.3, 0.4) is 0 Å². The number of rotatable bonds is 2. The zero-order chi connectivity index (χ0) is 15.6. The predicted octanol–water partition coefficient (Wildman–Crippen LogP) is 1.52. The van der Waals surface area contributed by atoms with Gasteiger partial charge in [0.25, 0.3) is 0 Å². The maximum absolute atomic E-state index is 4.45. The van der Waals surface area contributed by atoms with Crippen LogP contribution >= 0.6 is 11.8 Å². The second-order valence-corrected chi connectivity index (χ2v) is 8.37. The number of aromatic nitrogens is 3. The summed E-state index contributed by atoms with van der Waals surface area (Å²) in [6.07, 6.45) is 3.51. The molecule has 6 nitrogen and oxygen atoms in total. The van der Waals surface area contributed by atoms with Crippen molar-refractivity contribution in [2.24, 2.45) is 4.99 Å². The molecule has 2 aliphatic heterocycles. The molecule has 3 heterocycles. The number of aliphatic imine (C=N–C) groups is 1. The van der Waals surface area contributed by atoms with E-state index in [1.807, 2.05) is 18.8 Å². The van der Waals surface area contributed by atoms with Gasteiger partial charge in [0.1, 0.15) is 5.82 Å². The number of aryl methyl sites for hydroxylation is 1. The predicted molar refractivity (Wildman–Crippen MR) is 91.3 cm³/mol. The van der Waals surface area contributed by atoms with Gasteiger partial charge in [-0.1, -0.05) is 0 Å². The van der Waals surface area contributed by atoms with Gasteiger partial charge in [-0.05, 0) is 26.7 Å². The van der Waals surface area contributed by atoms with Crippen LogP contribution in [0.1, 0.15) is 38.3 Å². The molecule has 0 amide bonds. The van der Waals surface area contributed by atoms with Crippen molar-refractivity contribution in [3.63, 3.8) is 0 Å². The van der Waals surface area contributed by atoms with E-state index in [0.717, 1.165) is 49.4 Å². The highest BCUT2D eigenvalue weighted by Gasteiger charge is 2.28. The van der Waals surface area contributed by atoms with E-state index in [1.165, 1.54) is 12.8 Å². The molecular formula is C15H26N6S. The highest BCUT2D eigenvalue weighted by molar-refractivity contribution is 8.00. The van der Waals surface area contributed by atoms with Crippen molar-refractivity contribution in [2.45, 2.75) is 50.9 Å². The van der Waals surface area contributed by atoms with E-state index in [4.69, 9.17) is 0 Å². The van der Waals surface area contributed by atoms with E-state index in [9.17, 15) is 0 Å². The number of fused-ring (bicyclic) bond motifs is 1. The van der Waals surface area contributed by atoms with E-state index in [1.54, 1.807) is 0 Å². The second kappa shape index (κ2) is 6.48. The van der Waals surface area contributed by atoms with Crippen LogP contribution in [0.15, 0.2) is 4.99 Å². The zero-order valence-electron chi connectivity index (χ0n) is 13.8. The Morgan fingerprint density at radius 1 is 1.32 bits per heavy atom. The van der Waals surface area contributed by atoms with Crippen LogP contribution in [-0.2, 0) is 19.5 Å². The average Bonchev–Trinajstić information content (AvgIpc) is 2.90. The minimum absolute atomic E-state index is 0.282. The number of hydrogen-bond acceptors (Lipinski definition) is 4. The molecule has 1 fully saturated rings. The lowest BCUT2D eigenvalue weighted by Crippen LogP contribution is -2.50. The van der Waals surface area contributed by atoms with E-state index in [-0.39, 0.29) is 4.75 Å². The van der Waals surface area contributed by atoms with Gasteiger partial charge < -0.3 is 14.8 Å². The smallest absolute Gasteiger partial charge is 0.194 e. The molecule has 1 saturated heterocycles. The molecule has 0 saturated carbocycles. The van der Waals surface area contributed by atoms with Gasteiger partial charge in [-0.3, -0.25) is 4.99 Å². The van der Waals surface area contributed by atoms with Crippen LogP contribution in [0, 0.1) is 0 Å². The lowest BCUT2D eigenvalue weighted by Gasteiger charge is -2.39. The Bertz CT molecular complexity index is 550. The summed E-state index contributed by atoms with van der Waals surface area (Å²) >= 11 is 2.04. The molecule has 1 N–H and O–H groups in total. The van der Waals surface area contributed by atoms with Gasteiger partial charge in [-0.2, -0.15) is 11.8 Å². The highest BCUT2D eigenvalue weighted by Crippen LogP contribution is 2.29. The van der Waals surface area contributed by atoms with Crippen molar-refractivity contribution >= 4 is 17.7 Å². The Balaban J connectivity index is 1.63. The molecule has 2 aliphatic rings. The zero-order valence-corrected chi connectivity index (χ0v) is 14.6. The molecule has 1 aromatic rings. The number of hydrogen-bond donors (Lipinski definition) is 1. The summed E-state index contributed by atoms with van der Waals surface area (Å²) in [5, 5.41) is 12.1. The monoisotopic (exact) mass is 322 g/mol. The second-order valence-electron chi connectivity index (χ2n) is 6.57. The Kier molecular flexibility index (Phi) is 4.61. The van der Waals surface area contributed by atoms with Crippen molar-refractivity contribution in [3.05, 3.63) is 11.6 Å². The van der Waals surface area contributed by atoms with Crippen LogP contribution in [-0.4, -0.2) is 56.3 Å².